The molecule has 0 saturated carbocycles. The fourth-order valence-corrected chi connectivity index (χ4v) is 3.14. The van der Waals surface area contributed by atoms with Gasteiger partial charge < -0.3 is 4.74 Å². The van der Waals surface area contributed by atoms with Crippen LogP contribution in [0.2, 0.25) is 0 Å². The van der Waals surface area contributed by atoms with E-state index in [2.05, 4.69) is 39.2 Å². The number of esters is 1. The Balaban J connectivity index is 1.71. The molecule has 0 amide bonds. The molecule has 23 heavy (non-hydrogen) atoms. The van der Waals surface area contributed by atoms with Crippen LogP contribution in [0.4, 0.5) is 0 Å². The lowest BCUT2D eigenvalue weighted by Crippen LogP contribution is -2.51. The smallest absolute Gasteiger partial charge is 0.334 e. The Morgan fingerprint density at radius 3 is 2.61 bits per heavy atom. The van der Waals surface area contributed by atoms with Gasteiger partial charge in [-0.15, -0.1) is 0 Å². The van der Waals surface area contributed by atoms with Crippen LogP contribution in [-0.2, 0) is 21.6 Å². The van der Waals surface area contributed by atoms with Gasteiger partial charge >= 0.3 is 5.97 Å². The Kier molecular flexibility index (Phi) is 4.71. The standard InChI is InChI=1S/C17H22N4O2/c1-2-23-16(22)17(21-14-18-13-19-21)8-10-20(11-9-17)12-15-6-4-3-5-7-15/h3-7,13-14H,2,8-12H2,1H3. The van der Waals surface area contributed by atoms with Crippen molar-refractivity contribution in [2.75, 3.05) is 19.7 Å². The highest BCUT2D eigenvalue weighted by molar-refractivity contribution is 5.79. The molecule has 2 aromatic rings. The molecular formula is C17H22N4O2. The average Bonchev–Trinajstić information content (AvgIpc) is 3.12. The van der Waals surface area contributed by atoms with Crippen molar-refractivity contribution in [3.63, 3.8) is 0 Å². The number of hydrogen-bond donors (Lipinski definition) is 0. The molecule has 0 radical (unpaired) electrons. The zero-order chi connectivity index (χ0) is 16.1. The Morgan fingerprint density at radius 2 is 2.00 bits per heavy atom. The second-order valence-electron chi connectivity index (χ2n) is 5.85. The molecule has 1 aromatic carbocycles. The summed E-state index contributed by atoms with van der Waals surface area (Å²) in [5.74, 6) is -0.204. The first-order chi connectivity index (χ1) is 11.2. The van der Waals surface area contributed by atoms with Gasteiger partial charge in [0.2, 0.25) is 0 Å². The number of rotatable bonds is 5. The monoisotopic (exact) mass is 314 g/mol. The molecular weight excluding hydrogens is 292 g/mol. The van der Waals surface area contributed by atoms with E-state index in [0.717, 1.165) is 19.6 Å². The van der Waals surface area contributed by atoms with Crippen LogP contribution in [0.15, 0.2) is 43.0 Å². The molecule has 0 aliphatic carbocycles. The lowest BCUT2D eigenvalue weighted by molar-refractivity contribution is -0.157. The number of aromatic nitrogens is 3. The van der Waals surface area contributed by atoms with Crippen LogP contribution in [0.1, 0.15) is 25.3 Å². The molecule has 1 aromatic heterocycles. The van der Waals surface area contributed by atoms with E-state index >= 15 is 0 Å². The minimum absolute atomic E-state index is 0.204. The van der Waals surface area contributed by atoms with Gasteiger partial charge in [-0.3, -0.25) is 4.90 Å². The van der Waals surface area contributed by atoms with Gasteiger partial charge in [0.15, 0.2) is 5.54 Å². The summed E-state index contributed by atoms with van der Waals surface area (Å²) in [6.45, 7) is 4.76. The van der Waals surface area contributed by atoms with Gasteiger partial charge in [-0.25, -0.2) is 14.5 Å². The fraction of sp³-hybridized carbons (Fsp3) is 0.471. The Labute approximate surface area is 136 Å². The summed E-state index contributed by atoms with van der Waals surface area (Å²) in [4.78, 5) is 18.9. The van der Waals surface area contributed by atoms with Crippen LogP contribution in [-0.4, -0.2) is 45.3 Å². The summed E-state index contributed by atoms with van der Waals surface area (Å²) in [7, 11) is 0. The largest absolute Gasteiger partial charge is 0.464 e. The molecule has 3 rings (SSSR count). The highest BCUT2D eigenvalue weighted by Crippen LogP contribution is 2.31. The molecule has 122 valence electrons. The molecule has 6 heteroatoms. The van der Waals surface area contributed by atoms with E-state index < -0.39 is 5.54 Å². The van der Waals surface area contributed by atoms with E-state index in [9.17, 15) is 4.79 Å². The van der Waals surface area contributed by atoms with Gasteiger partial charge in [0.25, 0.3) is 0 Å². The van der Waals surface area contributed by atoms with Crippen LogP contribution in [0, 0.1) is 0 Å². The second-order valence-corrected chi connectivity index (χ2v) is 5.85. The topological polar surface area (TPSA) is 60.3 Å². The Morgan fingerprint density at radius 1 is 1.26 bits per heavy atom. The third-order valence-electron chi connectivity index (χ3n) is 4.44. The molecule has 1 aliphatic rings. The zero-order valence-electron chi connectivity index (χ0n) is 13.4. The number of nitrogens with zero attached hydrogens (tertiary/aromatic N) is 4. The summed E-state index contributed by atoms with van der Waals surface area (Å²) >= 11 is 0. The first-order valence-corrected chi connectivity index (χ1v) is 8.03. The van der Waals surface area contributed by atoms with Gasteiger partial charge in [-0.1, -0.05) is 30.3 Å². The second kappa shape index (κ2) is 6.91. The molecule has 1 aliphatic heterocycles. The summed E-state index contributed by atoms with van der Waals surface area (Å²) in [6.07, 6.45) is 4.45. The van der Waals surface area contributed by atoms with Crippen LogP contribution in [0.5, 0.6) is 0 Å². The number of piperidine rings is 1. The van der Waals surface area contributed by atoms with E-state index in [1.807, 2.05) is 13.0 Å². The van der Waals surface area contributed by atoms with Gasteiger partial charge in [0, 0.05) is 19.6 Å². The molecule has 0 unspecified atom stereocenters. The van der Waals surface area contributed by atoms with Crippen molar-refractivity contribution in [2.45, 2.75) is 31.8 Å². The normalized spacial score (nSPS) is 17.8. The molecule has 1 fully saturated rings. The average molecular weight is 314 g/mol. The zero-order valence-corrected chi connectivity index (χ0v) is 13.4. The van der Waals surface area contributed by atoms with Crippen molar-refractivity contribution in [1.82, 2.24) is 19.7 Å². The number of hydrogen-bond acceptors (Lipinski definition) is 5. The maximum Gasteiger partial charge on any atom is 0.334 e. The molecule has 1 saturated heterocycles. The molecule has 2 heterocycles. The fourth-order valence-electron chi connectivity index (χ4n) is 3.14. The third kappa shape index (κ3) is 3.27. The minimum atomic E-state index is -0.723. The van der Waals surface area contributed by atoms with Crippen LogP contribution in [0.3, 0.4) is 0 Å². The number of ether oxygens (including phenoxy) is 1. The van der Waals surface area contributed by atoms with Crippen molar-refractivity contribution < 1.29 is 9.53 Å². The van der Waals surface area contributed by atoms with Crippen LogP contribution in [0.25, 0.3) is 0 Å². The number of carbonyl (C=O) groups is 1. The first kappa shape index (κ1) is 15.7. The molecule has 6 nitrogen and oxygen atoms in total. The number of carbonyl (C=O) groups excluding carboxylic acids is 1. The Hall–Kier alpha value is -2.21. The number of benzene rings is 1. The lowest BCUT2D eigenvalue weighted by Gasteiger charge is -2.39. The summed E-state index contributed by atoms with van der Waals surface area (Å²) in [5.41, 5.74) is 0.566. The highest BCUT2D eigenvalue weighted by atomic mass is 16.5. The molecule has 0 spiro atoms. The molecule has 0 N–H and O–H groups in total. The SMILES string of the molecule is CCOC(=O)C1(n2cncn2)CCN(Cc2ccccc2)CC1. The third-order valence-corrected chi connectivity index (χ3v) is 4.44. The number of likely N-dealkylation sites (tertiary alicyclic amines) is 1. The van der Waals surface area contributed by atoms with Gasteiger partial charge in [-0.05, 0) is 25.3 Å². The predicted molar refractivity (Wildman–Crippen MR) is 85.6 cm³/mol. The maximum absolute atomic E-state index is 12.6. The van der Waals surface area contributed by atoms with E-state index in [1.165, 1.54) is 11.9 Å². The van der Waals surface area contributed by atoms with Crippen molar-refractivity contribution in [2.24, 2.45) is 0 Å². The summed E-state index contributed by atoms with van der Waals surface area (Å²) in [5, 5.41) is 4.21. The van der Waals surface area contributed by atoms with E-state index in [4.69, 9.17) is 4.74 Å². The molecule has 0 bridgehead atoms. The first-order valence-electron chi connectivity index (χ1n) is 8.03. The van der Waals surface area contributed by atoms with Crippen LogP contribution < -0.4 is 0 Å². The van der Waals surface area contributed by atoms with Gasteiger partial charge in [0.1, 0.15) is 12.7 Å². The maximum atomic E-state index is 12.6. The van der Waals surface area contributed by atoms with Crippen LogP contribution >= 0.6 is 0 Å². The van der Waals surface area contributed by atoms with Crippen molar-refractivity contribution in [3.05, 3.63) is 48.5 Å². The van der Waals surface area contributed by atoms with Gasteiger partial charge in [-0.2, -0.15) is 5.10 Å². The quantitative estimate of drug-likeness (QED) is 0.788. The van der Waals surface area contributed by atoms with E-state index in [1.54, 1.807) is 11.0 Å². The van der Waals surface area contributed by atoms with Crippen molar-refractivity contribution >= 4 is 5.97 Å². The minimum Gasteiger partial charge on any atom is -0.464 e. The van der Waals surface area contributed by atoms with E-state index in [-0.39, 0.29) is 5.97 Å². The van der Waals surface area contributed by atoms with Crippen molar-refractivity contribution in [1.29, 1.82) is 0 Å². The van der Waals surface area contributed by atoms with Crippen molar-refractivity contribution in [3.8, 4) is 0 Å². The highest BCUT2D eigenvalue weighted by Gasteiger charge is 2.45. The van der Waals surface area contributed by atoms with E-state index in [0.29, 0.717) is 19.4 Å². The predicted octanol–water partition coefficient (Wildman–Crippen LogP) is 1.83. The van der Waals surface area contributed by atoms with Gasteiger partial charge in [0.05, 0.1) is 6.61 Å². The summed E-state index contributed by atoms with van der Waals surface area (Å²) < 4.78 is 6.99. The molecule has 0 atom stereocenters. The Bertz CT molecular complexity index is 619. The summed E-state index contributed by atoms with van der Waals surface area (Å²) in [6, 6.07) is 10.4. The lowest BCUT2D eigenvalue weighted by atomic mass is 9.87.